The van der Waals surface area contributed by atoms with Crippen molar-refractivity contribution < 1.29 is 9.18 Å². The summed E-state index contributed by atoms with van der Waals surface area (Å²) in [4.78, 5) is 11.8. The van der Waals surface area contributed by atoms with Crippen LogP contribution in [-0.4, -0.2) is 16.8 Å². The second-order valence-electron chi connectivity index (χ2n) is 3.68. The van der Waals surface area contributed by atoms with Crippen LogP contribution in [0.4, 0.5) is 4.39 Å². The Labute approximate surface area is 118 Å². The zero-order chi connectivity index (χ0) is 13.0. The Bertz CT molecular complexity index is 425. The normalized spacial score (nSPS) is 12.5. The van der Waals surface area contributed by atoms with Crippen LogP contribution in [-0.2, 0) is 0 Å². The topological polar surface area (TPSA) is 17.1 Å². The highest BCUT2D eigenvalue weighted by molar-refractivity contribution is 9.10. The summed E-state index contributed by atoms with van der Waals surface area (Å²) < 4.78 is 14.2. The van der Waals surface area contributed by atoms with E-state index >= 15 is 0 Å². The van der Waals surface area contributed by atoms with Gasteiger partial charge in [0.2, 0.25) is 0 Å². The first-order valence-electron chi connectivity index (χ1n) is 5.25. The first-order valence-corrected chi connectivity index (χ1v) is 7.47. The highest BCUT2D eigenvalue weighted by Gasteiger charge is 2.17. The molecule has 0 spiro atoms. The zero-order valence-corrected chi connectivity index (χ0v) is 12.8. The molecule has 1 aromatic carbocycles. The smallest absolute Gasteiger partial charge is 0.175 e. The summed E-state index contributed by atoms with van der Waals surface area (Å²) in [5.74, 6) is -0.581. The second-order valence-corrected chi connectivity index (χ2v) is 6.34. The molecule has 17 heavy (non-hydrogen) atoms. The van der Waals surface area contributed by atoms with Gasteiger partial charge in [0.1, 0.15) is 0 Å². The quantitative estimate of drug-likeness (QED) is 0.557. The molecule has 0 N–H and O–H groups in total. The Morgan fingerprint density at radius 1 is 1.59 bits per heavy atom. The van der Waals surface area contributed by atoms with E-state index in [4.69, 9.17) is 11.6 Å². The lowest BCUT2D eigenvalue weighted by Crippen LogP contribution is -2.08. The van der Waals surface area contributed by atoms with Gasteiger partial charge in [0.05, 0.1) is 16.3 Å². The molecular weight excluding hydrogens is 327 g/mol. The standard InChI is InChI=1S/C12H13BrClFOS/c1-3-7(2)17-6-10(16)8-4-5-9(13)11(14)12(8)15/h4-5,7H,3,6H2,1-2H3. The van der Waals surface area contributed by atoms with Crippen molar-refractivity contribution >= 4 is 45.1 Å². The molecule has 0 aliphatic rings. The van der Waals surface area contributed by atoms with Crippen molar-refractivity contribution in [3.8, 4) is 0 Å². The van der Waals surface area contributed by atoms with E-state index in [9.17, 15) is 9.18 Å². The average molecular weight is 340 g/mol. The Hall–Kier alpha value is -0.0600. The van der Waals surface area contributed by atoms with Crippen molar-refractivity contribution in [3.05, 3.63) is 33.0 Å². The fourth-order valence-corrected chi connectivity index (χ4v) is 2.45. The summed E-state index contributed by atoms with van der Waals surface area (Å²) in [7, 11) is 0. The van der Waals surface area contributed by atoms with Crippen molar-refractivity contribution in [2.45, 2.75) is 25.5 Å². The van der Waals surface area contributed by atoms with E-state index in [1.807, 2.05) is 6.92 Å². The van der Waals surface area contributed by atoms with E-state index in [1.165, 1.54) is 17.8 Å². The fraction of sp³-hybridized carbons (Fsp3) is 0.417. The molecule has 5 heteroatoms. The molecule has 1 rings (SSSR count). The fourth-order valence-electron chi connectivity index (χ4n) is 1.15. The molecule has 0 aliphatic carbocycles. The van der Waals surface area contributed by atoms with E-state index in [0.717, 1.165) is 6.42 Å². The van der Waals surface area contributed by atoms with Crippen LogP contribution in [0.15, 0.2) is 16.6 Å². The van der Waals surface area contributed by atoms with Gasteiger partial charge in [-0.2, -0.15) is 11.8 Å². The van der Waals surface area contributed by atoms with Crippen molar-refractivity contribution in [1.29, 1.82) is 0 Å². The van der Waals surface area contributed by atoms with E-state index in [0.29, 0.717) is 9.72 Å². The van der Waals surface area contributed by atoms with E-state index in [2.05, 4.69) is 22.9 Å². The molecule has 1 aromatic rings. The molecule has 0 aromatic heterocycles. The molecule has 0 amide bonds. The first kappa shape index (κ1) is 15.0. The van der Waals surface area contributed by atoms with Crippen LogP contribution in [0.3, 0.4) is 0 Å². The van der Waals surface area contributed by atoms with Crippen molar-refractivity contribution in [1.82, 2.24) is 0 Å². The van der Waals surface area contributed by atoms with Crippen molar-refractivity contribution in [3.63, 3.8) is 0 Å². The Morgan fingerprint density at radius 3 is 2.82 bits per heavy atom. The summed E-state index contributed by atoms with van der Waals surface area (Å²) in [5.41, 5.74) is 0.0639. The third-order valence-corrected chi connectivity index (χ3v) is 5.00. The SMILES string of the molecule is CCC(C)SCC(=O)c1ccc(Br)c(Cl)c1F. The number of thioether (sulfide) groups is 1. The maximum atomic E-state index is 13.7. The van der Waals surface area contributed by atoms with Gasteiger partial charge in [0.15, 0.2) is 11.6 Å². The number of Topliss-reactive ketones (excluding diaryl/α,β-unsaturated/α-hetero) is 1. The molecule has 0 saturated heterocycles. The van der Waals surface area contributed by atoms with Crippen LogP contribution in [0.1, 0.15) is 30.6 Å². The second kappa shape index (κ2) is 6.76. The number of carbonyl (C=O) groups excluding carboxylic acids is 1. The van der Waals surface area contributed by atoms with Crippen LogP contribution >= 0.6 is 39.3 Å². The maximum Gasteiger partial charge on any atom is 0.175 e. The monoisotopic (exact) mass is 338 g/mol. The minimum Gasteiger partial charge on any atom is -0.293 e. The Morgan fingerprint density at radius 2 is 2.24 bits per heavy atom. The van der Waals surface area contributed by atoms with Crippen LogP contribution in [0.5, 0.6) is 0 Å². The summed E-state index contributed by atoms with van der Waals surface area (Å²) >= 11 is 10.4. The van der Waals surface area contributed by atoms with Crippen molar-refractivity contribution in [2.75, 3.05) is 5.75 Å². The first-order chi connectivity index (χ1) is 7.97. The zero-order valence-electron chi connectivity index (χ0n) is 9.60. The van der Waals surface area contributed by atoms with Gasteiger partial charge < -0.3 is 0 Å². The molecule has 94 valence electrons. The number of halogens is 3. The highest BCUT2D eigenvalue weighted by atomic mass is 79.9. The van der Waals surface area contributed by atoms with Crippen molar-refractivity contribution in [2.24, 2.45) is 0 Å². The molecule has 1 atom stereocenters. The maximum absolute atomic E-state index is 13.7. The van der Waals surface area contributed by atoms with Gasteiger partial charge in [-0.1, -0.05) is 25.4 Å². The van der Waals surface area contributed by atoms with Gasteiger partial charge in [0.25, 0.3) is 0 Å². The van der Waals surface area contributed by atoms with E-state index in [1.54, 1.807) is 6.07 Å². The number of benzene rings is 1. The number of hydrogen-bond donors (Lipinski definition) is 0. The summed E-state index contributed by atoms with van der Waals surface area (Å²) in [6.45, 7) is 4.10. The minimum absolute atomic E-state index is 0.0376. The molecule has 1 unspecified atom stereocenters. The van der Waals surface area contributed by atoms with Gasteiger partial charge >= 0.3 is 0 Å². The lowest BCUT2D eigenvalue weighted by molar-refractivity contribution is 0.101. The molecule has 0 heterocycles. The molecule has 1 nitrogen and oxygen atoms in total. The van der Waals surface area contributed by atoms with Crippen LogP contribution in [0.2, 0.25) is 5.02 Å². The number of ketones is 1. The molecule has 0 saturated carbocycles. The van der Waals surface area contributed by atoms with Crippen LogP contribution in [0, 0.1) is 5.82 Å². The summed E-state index contributed by atoms with van der Waals surface area (Å²) in [5, 5.41) is 0.359. The summed E-state index contributed by atoms with van der Waals surface area (Å²) in [6, 6.07) is 3.05. The lowest BCUT2D eigenvalue weighted by atomic mass is 10.1. The van der Waals surface area contributed by atoms with Crippen LogP contribution < -0.4 is 0 Å². The van der Waals surface area contributed by atoms with Gasteiger partial charge in [-0.25, -0.2) is 4.39 Å². The van der Waals surface area contributed by atoms with Gasteiger partial charge in [-0.3, -0.25) is 4.79 Å². The third kappa shape index (κ3) is 3.97. The predicted molar refractivity (Wildman–Crippen MR) is 75.7 cm³/mol. The van der Waals surface area contributed by atoms with E-state index < -0.39 is 5.82 Å². The molecule has 0 aliphatic heterocycles. The van der Waals surface area contributed by atoms with Crippen LogP contribution in [0.25, 0.3) is 0 Å². The van der Waals surface area contributed by atoms with Gasteiger partial charge in [0, 0.05) is 9.72 Å². The molecular formula is C12H13BrClFOS. The Kier molecular flexibility index (Phi) is 5.97. The number of hydrogen-bond acceptors (Lipinski definition) is 2. The third-order valence-electron chi connectivity index (χ3n) is 2.41. The van der Waals surface area contributed by atoms with Gasteiger partial charge in [-0.05, 0) is 34.5 Å². The van der Waals surface area contributed by atoms with Gasteiger partial charge in [-0.15, -0.1) is 0 Å². The number of rotatable bonds is 5. The van der Waals surface area contributed by atoms with E-state index in [-0.39, 0.29) is 22.1 Å². The predicted octanol–water partition coefficient (Wildman–Crippen LogP) is 4.96. The highest BCUT2D eigenvalue weighted by Crippen LogP contribution is 2.28. The average Bonchev–Trinajstić information content (AvgIpc) is 2.32. The molecule has 0 fully saturated rings. The summed E-state index contributed by atoms with van der Waals surface area (Å²) in [6.07, 6.45) is 0.988. The number of carbonyl (C=O) groups is 1. The lowest BCUT2D eigenvalue weighted by Gasteiger charge is -2.08. The Balaban J connectivity index is 2.80. The molecule has 0 radical (unpaired) electrons. The molecule has 0 bridgehead atoms. The largest absolute Gasteiger partial charge is 0.293 e. The minimum atomic E-state index is -0.643.